The van der Waals surface area contributed by atoms with Gasteiger partial charge in [0.25, 0.3) is 0 Å². The predicted octanol–water partition coefficient (Wildman–Crippen LogP) is 3.54. The van der Waals surface area contributed by atoms with E-state index >= 15 is 0 Å². The van der Waals surface area contributed by atoms with Crippen LogP contribution in [0.15, 0.2) is 0 Å². The number of alkyl halides is 1. The van der Waals surface area contributed by atoms with Crippen molar-refractivity contribution in [2.45, 2.75) is 71.1 Å². The van der Waals surface area contributed by atoms with Crippen LogP contribution in [0.2, 0.25) is 0 Å². The summed E-state index contributed by atoms with van der Waals surface area (Å²) in [5, 5.41) is 19.1. The van der Waals surface area contributed by atoms with Gasteiger partial charge in [0, 0.05) is 24.0 Å². The van der Waals surface area contributed by atoms with Gasteiger partial charge in [-0.1, -0.05) is 13.8 Å². The number of hydrogen-bond donors (Lipinski definition) is 2. The van der Waals surface area contributed by atoms with Gasteiger partial charge in [0.2, 0.25) is 0 Å². The van der Waals surface area contributed by atoms with Gasteiger partial charge in [-0.05, 0) is 61.2 Å². The molecule has 23 heavy (non-hydrogen) atoms. The summed E-state index contributed by atoms with van der Waals surface area (Å²) in [4.78, 5) is 11.9. The van der Waals surface area contributed by atoms with E-state index in [1.54, 1.807) is 0 Å². The molecule has 3 unspecified atom stereocenters. The zero-order valence-corrected chi connectivity index (χ0v) is 14.1. The molecule has 0 heterocycles. The van der Waals surface area contributed by atoms with Crippen LogP contribution in [0.5, 0.6) is 0 Å². The van der Waals surface area contributed by atoms with Gasteiger partial charge in [-0.2, -0.15) is 0 Å². The van der Waals surface area contributed by atoms with Gasteiger partial charge in [0.15, 0.2) is 0 Å². The molecule has 0 bridgehead atoms. The summed E-state index contributed by atoms with van der Waals surface area (Å²) < 4.78 is 14.3. The number of Topliss-reactive ketones (excluding diaryl/α,β-unsaturated/α-hetero) is 1. The molecule has 128 valence electrons. The number of ketones is 1. The second-order valence-corrected chi connectivity index (χ2v) is 9.11. The molecule has 0 aliphatic heterocycles. The molecule has 4 rings (SSSR count). The van der Waals surface area contributed by atoms with Gasteiger partial charge in [-0.25, -0.2) is 4.39 Å². The van der Waals surface area contributed by atoms with Crippen LogP contribution in [0.3, 0.4) is 0 Å². The number of aliphatic hydroxyl groups is 1. The van der Waals surface area contributed by atoms with Gasteiger partial charge in [-0.3, -0.25) is 4.79 Å². The van der Waals surface area contributed by atoms with Crippen molar-refractivity contribution < 1.29 is 14.3 Å². The zero-order chi connectivity index (χ0) is 16.6. The lowest BCUT2D eigenvalue weighted by Gasteiger charge is -2.60. The van der Waals surface area contributed by atoms with Crippen LogP contribution < -0.4 is 0 Å². The Morgan fingerprint density at radius 2 is 1.96 bits per heavy atom. The fourth-order valence-corrected chi connectivity index (χ4v) is 6.81. The monoisotopic (exact) mass is 321 g/mol. The lowest BCUT2D eigenvalue weighted by Crippen LogP contribution is -2.58. The van der Waals surface area contributed by atoms with Crippen molar-refractivity contribution in [3.63, 3.8) is 0 Å². The highest BCUT2D eigenvalue weighted by atomic mass is 19.1. The van der Waals surface area contributed by atoms with Crippen molar-refractivity contribution in [3.05, 3.63) is 0 Å². The molecule has 4 aliphatic carbocycles. The van der Waals surface area contributed by atoms with Crippen molar-refractivity contribution in [1.82, 2.24) is 0 Å². The summed E-state index contributed by atoms with van der Waals surface area (Å²) in [6, 6.07) is 0. The Hall–Kier alpha value is -0.770. The quantitative estimate of drug-likeness (QED) is 0.717. The van der Waals surface area contributed by atoms with Crippen molar-refractivity contribution in [2.24, 2.45) is 34.5 Å². The summed E-state index contributed by atoms with van der Waals surface area (Å²) in [5.74, 6) is 1.19. The fourth-order valence-electron chi connectivity index (χ4n) is 6.81. The molecule has 0 aromatic rings. The number of aliphatic hydroxyl groups excluding tert-OH is 1. The largest absolute Gasteiger partial charge is 0.393 e. The topological polar surface area (TPSA) is 61.1 Å². The number of nitrogens with one attached hydrogen (secondary N) is 1. The van der Waals surface area contributed by atoms with Crippen LogP contribution in [0, 0.1) is 39.9 Å². The van der Waals surface area contributed by atoms with E-state index in [-0.39, 0.29) is 34.3 Å². The molecule has 4 fully saturated rings. The first kappa shape index (κ1) is 15.7. The number of rotatable bonds is 0. The SMILES string of the molecule is C[C@]12CCC(=O)CC1CC(O)[C@@H]1[C@H]2CC[C@]2(C)C(=N)C(F)C[C@@H]12. The van der Waals surface area contributed by atoms with Gasteiger partial charge in [0.05, 0.1) is 6.10 Å². The smallest absolute Gasteiger partial charge is 0.138 e. The van der Waals surface area contributed by atoms with Gasteiger partial charge < -0.3 is 10.5 Å². The Morgan fingerprint density at radius 1 is 1.22 bits per heavy atom. The van der Waals surface area contributed by atoms with E-state index in [2.05, 4.69) is 6.92 Å². The zero-order valence-electron chi connectivity index (χ0n) is 14.1. The molecular formula is C19H28FNO2. The highest BCUT2D eigenvalue weighted by molar-refractivity contribution is 5.93. The van der Waals surface area contributed by atoms with Crippen molar-refractivity contribution in [3.8, 4) is 0 Å². The molecule has 4 saturated carbocycles. The second-order valence-electron chi connectivity index (χ2n) is 9.11. The molecular weight excluding hydrogens is 293 g/mol. The van der Waals surface area contributed by atoms with Crippen LogP contribution in [-0.4, -0.2) is 28.9 Å². The van der Waals surface area contributed by atoms with E-state index in [0.29, 0.717) is 37.4 Å². The van der Waals surface area contributed by atoms with Crippen LogP contribution in [-0.2, 0) is 4.79 Å². The summed E-state index contributed by atoms with van der Waals surface area (Å²) in [6.45, 7) is 4.35. The van der Waals surface area contributed by atoms with Crippen molar-refractivity contribution in [1.29, 1.82) is 5.41 Å². The summed E-state index contributed by atoms with van der Waals surface area (Å²) in [6.07, 6.45) is 3.54. The van der Waals surface area contributed by atoms with Crippen molar-refractivity contribution in [2.75, 3.05) is 0 Å². The van der Waals surface area contributed by atoms with Crippen LogP contribution in [0.1, 0.15) is 58.8 Å². The Morgan fingerprint density at radius 3 is 2.70 bits per heavy atom. The lowest BCUT2D eigenvalue weighted by atomic mass is 9.44. The molecule has 8 atom stereocenters. The summed E-state index contributed by atoms with van der Waals surface area (Å²) in [5.41, 5.74) is 0.00424. The number of halogens is 1. The number of carbonyl (C=O) groups is 1. The third kappa shape index (κ3) is 1.96. The Labute approximate surface area is 137 Å². The minimum absolute atomic E-state index is 0.0918. The Balaban J connectivity index is 1.70. The summed E-state index contributed by atoms with van der Waals surface area (Å²) in [7, 11) is 0. The van der Waals surface area contributed by atoms with Gasteiger partial charge in [0.1, 0.15) is 12.0 Å². The normalized spacial score (nSPS) is 56.0. The van der Waals surface area contributed by atoms with E-state index in [1.165, 1.54) is 0 Å². The number of hydrogen-bond acceptors (Lipinski definition) is 3. The van der Waals surface area contributed by atoms with E-state index < -0.39 is 12.3 Å². The molecule has 0 saturated heterocycles. The fraction of sp³-hybridized carbons (Fsp3) is 0.895. The average Bonchev–Trinajstić information content (AvgIpc) is 2.73. The average molecular weight is 321 g/mol. The number of carbonyl (C=O) groups excluding carboxylic acids is 1. The molecule has 0 radical (unpaired) electrons. The Bertz CT molecular complexity index is 564. The first-order valence-electron chi connectivity index (χ1n) is 9.20. The molecule has 0 amide bonds. The molecule has 0 spiro atoms. The van der Waals surface area contributed by atoms with Crippen LogP contribution >= 0.6 is 0 Å². The van der Waals surface area contributed by atoms with Gasteiger partial charge >= 0.3 is 0 Å². The standard InChI is InChI=1S/C19H28FNO2/c1-18-5-3-11(22)7-10(18)8-15(23)16-12(18)4-6-19(2)13(16)9-14(20)17(19)21/h10,12-16,21,23H,3-9H2,1-2H3/t10?,12-,13+,14?,15?,16-,18+,19+/m1/s1. The lowest BCUT2D eigenvalue weighted by molar-refractivity contribution is -0.159. The second kappa shape index (κ2) is 4.87. The Kier molecular flexibility index (Phi) is 3.33. The number of fused-ring (bicyclic) bond motifs is 5. The highest BCUT2D eigenvalue weighted by Gasteiger charge is 2.63. The highest BCUT2D eigenvalue weighted by Crippen LogP contribution is 2.65. The third-order valence-corrected chi connectivity index (χ3v) is 8.28. The maximum Gasteiger partial charge on any atom is 0.138 e. The minimum atomic E-state index is -1.13. The van der Waals surface area contributed by atoms with Crippen LogP contribution in [0.25, 0.3) is 0 Å². The minimum Gasteiger partial charge on any atom is -0.393 e. The maximum absolute atomic E-state index is 14.3. The molecule has 0 aromatic carbocycles. The van der Waals surface area contributed by atoms with Crippen molar-refractivity contribution >= 4 is 11.5 Å². The van der Waals surface area contributed by atoms with E-state index in [9.17, 15) is 14.3 Å². The van der Waals surface area contributed by atoms with E-state index in [0.717, 1.165) is 19.3 Å². The predicted molar refractivity (Wildman–Crippen MR) is 86.1 cm³/mol. The van der Waals surface area contributed by atoms with E-state index in [4.69, 9.17) is 5.41 Å². The first-order chi connectivity index (χ1) is 10.8. The molecule has 2 N–H and O–H groups in total. The molecule has 4 heteroatoms. The summed E-state index contributed by atoms with van der Waals surface area (Å²) >= 11 is 0. The molecule has 4 aliphatic rings. The van der Waals surface area contributed by atoms with E-state index in [1.807, 2.05) is 6.92 Å². The van der Waals surface area contributed by atoms with Crippen LogP contribution in [0.4, 0.5) is 4.39 Å². The maximum atomic E-state index is 14.3. The van der Waals surface area contributed by atoms with Gasteiger partial charge in [-0.15, -0.1) is 0 Å². The molecule has 0 aromatic heterocycles. The third-order valence-electron chi connectivity index (χ3n) is 8.28. The molecule has 3 nitrogen and oxygen atoms in total. The first-order valence-corrected chi connectivity index (χ1v) is 9.20.